The number of rotatable bonds is 8. The topological polar surface area (TPSA) is 46.5 Å². The number of hydrogen-bond donors (Lipinski definition) is 1. The summed E-state index contributed by atoms with van der Waals surface area (Å²) in [5.41, 5.74) is 2.21. The van der Waals surface area contributed by atoms with E-state index in [-0.39, 0.29) is 18.5 Å². The van der Waals surface area contributed by atoms with E-state index in [2.05, 4.69) is 37.3 Å². The molecule has 0 heterocycles. The molecule has 1 N–H and O–H groups in total. The standard InChI is InChI=1S/C18H22O3S2/c1-13-3-4-17-12-15(5-6-16(17)11-13)14(2)18(20)21-8-10-23-22-9-7-19/h3-6,11-12,14,19H,7-10H2,1-2H3/t14-/m0/s1. The number of hydrogen-bond acceptors (Lipinski definition) is 5. The molecule has 2 aromatic carbocycles. The molecule has 0 aliphatic heterocycles. The van der Waals surface area contributed by atoms with Crippen molar-refractivity contribution in [3.05, 3.63) is 47.5 Å². The largest absolute Gasteiger partial charge is 0.464 e. The summed E-state index contributed by atoms with van der Waals surface area (Å²) in [5, 5.41) is 11.0. The predicted octanol–water partition coefficient (Wildman–Crippen LogP) is 4.17. The molecule has 23 heavy (non-hydrogen) atoms. The van der Waals surface area contributed by atoms with Crippen molar-refractivity contribution in [1.29, 1.82) is 0 Å². The van der Waals surface area contributed by atoms with Gasteiger partial charge in [-0.1, -0.05) is 63.5 Å². The number of aryl methyl sites for hydroxylation is 1. The molecule has 0 amide bonds. The second kappa shape index (κ2) is 9.21. The third-order valence-electron chi connectivity index (χ3n) is 3.54. The highest BCUT2D eigenvalue weighted by Crippen LogP contribution is 2.24. The Labute approximate surface area is 145 Å². The molecule has 0 radical (unpaired) electrons. The van der Waals surface area contributed by atoms with Crippen LogP contribution in [0.2, 0.25) is 0 Å². The fourth-order valence-electron chi connectivity index (χ4n) is 2.25. The molecular formula is C18H22O3S2. The first kappa shape index (κ1) is 18.2. The molecule has 0 spiro atoms. The molecule has 0 aromatic heterocycles. The van der Waals surface area contributed by atoms with E-state index in [1.807, 2.05) is 13.0 Å². The zero-order chi connectivity index (χ0) is 16.7. The van der Waals surface area contributed by atoms with Gasteiger partial charge in [0.15, 0.2) is 0 Å². The van der Waals surface area contributed by atoms with Crippen LogP contribution in [0, 0.1) is 6.92 Å². The predicted molar refractivity (Wildman–Crippen MR) is 100 cm³/mol. The van der Waals surface area contributed by atoms with Gasteiger partial charge in [-0.15, -0.1) is 0 Å². The minimum absolute atomic E-state index is 0.177. The molecule has 1 atom stereocenters. The van der Waals surface area contributed by atoms with Crippen molar-refractivity contribution in [2.45, 2.75) is 19.8 Å². The highest BCUT2D eigenvalue weighted by atomic mass is 33.1. The van der Waals surface area contributed by atoms with E-state index >= 15 is 0 Å². The lowest BCUT2D eigenvalue weighted by Gasteiger charge is -2.12. The lowest BCUT2D eigenvalue weighted by atomic mass is 9.97. The normalized spacial score (nSPS) is 12.3. The smallest absolute Gasteiger partial charge is 0.313 e. The maximum Gasteiger partial charge on any atom is 0.313 e. The van der Waals surface area contributed by atoms with Crippen molar-refractivity contribution in [2.24, 2.45) is 0 Å². The number of fused-ring (bicyclic) bond motifs is 1. The molecule has 0 aliphatic rings. The van der Waals surface area contributed by atoms with Crippen molar-refractivity contribution in [1.82, 2.24) is 0 Å². The van der Waals surface area contributed by atoms with Crippen LogP contribution < -0.4 is 0 Å². The van der Waals surface area contributed by atoms with Gasteiger partial charge in [-0.25, -0.2) is 0 Å². The summed E-state index contributed by atoms with van der Waals surface area (Å²) in [6.45, 7) is 4.53. The highest BCUT2D eigenvalue weighted by molar-refractivity contribution is 8.76. The molecule has 0 fully saturated rings. The Morgan fingerprint density at radius 3 is 2.61 bits per heavy atom. The quantitative estimate of drug-likeness (QED) is 0.440. The molecule has 5 heteroatoms. The van der Waals surface area contributed by atoms with Gasteiger partial charge in [0.25, 0.3) is 0 Å². The summed E-state index contributed by atoms with van der Waals surface area (Å²) in [7, 11) is 3.20. The van der Waals surface area contributed by atoms with Crippen LogP contribution in [0.3, 0.4) is 0 Å². The van der Waals surface area contributed by atoms with Gasteiger partial charge < -0.3 is 9.84 Å². The van der Waals surface area contributed by atoms with E-state index in [4.69, 9.17) is 9.84 Å². The molecule has 124 valence electrons. The van der Waals surface area contributed by atoms with Crippen LogP contribution in [-0.2, 0) is 9.53 Å². The van der Waals surface area contributed by atoms with Crippen LogP contribution in [0.15, 0.2) is 36.4 Å². The summed E-state index contributed by atoms with van der Waals surface area (Å²) >= 11 is 0. The molecule has 2 rings (SSSR count). The van der Waals surface area contributed by atoms with Gasteiger partial charge in [0.1, 0.15) is 6.61 Å². The van der Waals surface area contributed by atoms with Gasteiger partial charge in [-0.05, 0) is 30.2 Å². The van der Waals surface area contributed by atoms with Gasteiger partial charge >= 0.3 is 5.97 Å². The number of aliphatic hydroxyl groups excluding tert-OH is 1. The fraction of sp³-hybridized carbons (Fsp3) is 0.389. The molecule has 0 saturated heterocycles. The molecule has 2 aromatic rings. The van der Waals surface area contributed by atoms with Crippen LogP contribution in [0.5, 0.6) is 0 Å². The van der Waals surface area contributed by atoms with Gasteiger partial charge in [-0.2, -0.15) is 0 Å². The zero-order valence-electron chi connectivity index (χ0n) is 13.5. The number of esters is 1. The average Bonchev–Trinajstić information content (AvgIpc) is 2.56. The molecular weight excluding hydrogens is 328 g/mol. The fourth-order valence-corrected chi connectivity index (χ4v) is 3.84. The Morgan fingerprint density at radius 2 is 1.83 bits per heavy atom. The van der Waals surface area contributed by atoms with E-state index < -0.39 is 0 Å². The van der Waals surface area contributed by atoms with E-state index in [1.54, 1.807) is 21.6 Å². The second-order valence-corrected chi connectivity index (χ2v) is 8.07. The van der Waals surface area contributed by atoms with Gasteiger partial charge in [0.2, 0.25) is 0 Å². The lowest BCUT2D eigenvalue weighted by Crippen LogP contribution is -2.14. The number of ether oxygens (including phenoxy) is 1. The lowest BCUT2D eigenvalue weighted by molar-refractivity contribution is -0.144. The maximum absolute atomic E-state index is 12.1. The average molecular weight is 351 g/mol. The van der Waals surface area contributed by atoms with Crippen molar-refractivity contribution in [3.8, 4) is 0 Å². The first-order valence-electron chi connectivity index (χ1n) is 7.64. The zero-order valence-corrected chi connectivity index (χ0v) is 15.1. The highest BCUT2D eigenvalue weighted by Gasteiger charge is 2.17. The third kappa shape index (κ3) is 5.44. The first-order chi connectivity index (χ1) is 11.1. The van der Waals surface area contributed by atoms with Crippen LogP contribution >= 0.6 is 21.6 Å². The Hall–Kier alpha value is -1.17. The van der Waals surface area contributed by atoms with Crippen molar-refractivity contribution in [3.63, 3.8) is 0 Å². The van der Waals surface area contributed by atoms with Gasteiger partial charge in [-0.3, -0.25) is 4.79 Å². The van der Waals surface area contributed by atoms with Crippen LogP contribution in [0.1, 0.15) is 24.0 Å². The van der Waals surface area contributed by atoms with Crippen LogP contribution in [0.25, 0.3) is 10.8 Å². The Morgan fingerprint density at radius 1 is 1.13 bits per heavy atom. The molecule has 0 saturated carbocycles. The van der Waals surface area contributed by atoms with E-state index in [1.165, 1.54) is 10.9 Å². The summed E-state index contributed by atoms with van der Waals surface area (Å²) in [4.78, 5) is 12.1. The minimum Gasteiger partial charge on any atom is -0.464 e. The minimum atomic E-state index is -0.268. The first-order valence-corrected chi connectivity index (χ1v) is 10.1. The summed E-state index contributed by atoms with van der Waals surface area (Å²) in [6, 6.07) is 12.4. The molecule has 0 unspecified atom stereocenters. The Kier molecular flexibility index (Phi) is 7.27. The summed E-state index contributed by atoms with van der Waals surface area (Å²) in [6.07, 6.45) is 0. The van der Waals surface area contributed by atoms with Crippen LogP contribution in [0.4, 0.5) is 0 Å². The van der Waals surface area contributed by atoms with Gasteiger partial charge in [0.05, 0.1) is 12.5 Å². The van der Waals surface area contributed by atoms with E-state index in [9.17, 15) is 4.79 Å². The van der Waals surface area contributed by atoms with Crippen LogP contribution in [-0.4, -0.2) is 35.8 Å². The molecule has 0 bridgehead atoms. The van der Waals surface area contributed by atoms with E-state index in [0.717, 1.165) is 16.7 Å². The van der Waals surface area contributed by atoms with E-state index in [0.29, 0.717) is 12.4 Å². The monoisotopic (exact) mass is 350 g/mol. The summed E-state index contributed by atoms with van der Waals surface area (Å²) in [5.74, 6) is 0.978. The SMILES string of the molecule is Cc1ccc2cc([C@H](C)C(=O)OCCSSCCO)ccc2c1. The maximum atomic E-state index is 12.1. The van der Waals surface area contributed by atoms with Crippen molar-refractivity contribution >= 4 is 38.3 Å². The number of carbonyl (C=O) groups excluding carboxylic acids is 1. The van der Waals surface area contributed by atoms with Gasteiger partial charge in [0, 0.05) is 11.5 Å². The number of benzene rings is 2. The molecule has 0 aliphatic carbocycles. The Balaban J connectivity index is 1.90. The number of carbonyl (C=O) groups is 1. The Bertz CT molecular complexity index is 658. The summed E-state index contributed by atoms with van der Waals surface area (Å²) < 4.78 is 5.33. The second-order valence-electron chi connectivity index (χ2n) is 5.37. The third-order valence-corrected chi connectivity index (χ3v) is 5.89. The number of aliphatic hydroxyl groups is 1. The van der Waals surface area contributed by atoms with Crippen molar-refractivity contribution in [2.75, 3.05) is 24.7 Å². The van der Waals surface area contributed by atoms with Crippen molar-refractivity contribution < 1.29 is 14.6 Å². The molecule has 3 nitrogen and oxygen atoms in total.